The van der Waals surface area contributed by atoms with Crippen LogP contribution in [0.25, 0.3) is 11.0 Å². The average molecular weight is 321 g/mol. The fourth-order valence-corrected chi connectivity index (χ4v) is 2.95. The predicted molar refractivity (Wildman–Crippen MR) is 87.4 cm³/mol. The van der Waals surface area contributed by atoms with Gasteiger partial charge in [0.15, 0.2) is 0 Å². The fourth-order valence-electron chi connectivity index (χ4n) is 2.57. The molecule has 0 radical (unpaired) electrons. The largest absolute Gasteiger partial charge is 0.329 e. The Kier molecular flexibility index (Phi) is 3.79. The van der Waals surface area contributed by atoms with E-state index in [9.17, 15) is 4.79 Å². The van der Waals surface area contributed by atoms with Gasteiger partial charge >= 0.3 is 5.69 Å². The quantitative estimate of drug-likeness (QED) is 0.711. The normalized spacial score (nSPS) is 11.2. The van der Waals surface area contributed by atoms with Crippen LogP contribution in [0, 0.1) is 0 Å². The number of imidazole rings is 1. The van der Waals surface area contributed by atoms with E-state index in [2.05, 4.69) is 0 Å². The van der Waals surface area contributed by atoms with Crippen molar-refractivity contribution in [3.8, 4) is 0 Å². The third kappa shape index (κ3) is 2.37. The molecule has 0 saturated heterocycles. The third-order valence-electron chi connectivity index (χ3n) is 3.60. The summed E-state index contributed by atoms with van der Waals surface area (Å²) in [5, 5.41) is 1.00. The summed E-state index contributed by atoms with van der Waals surface area (Å²) in [5.74, 6) is 0. The number of hydrogen-bond acceptors (Lipinski definition) is 1. The van der Waals surface area contributed by atoms with Crippen molar-refractivity contribution in [3.05, 3.63) is 68.6 Å². The van der Waals surface area contributed by atoms with Gasteiger partial charge in [0.05, 0.1) is 27.6 Å². The summed E-state index contributed by atoms with van der Waals surface area (Å²) < 4.78 is 3.49. The van der Waals surface area contributed by atoms with Gasteiger partial charge in [0, 0.05) is 6.54 Å². The highest BCUT2D eigenvalue weighted by Gasteiger charge is 2.13. The van der Waals surface area contributed by atoms with Gasteiger partial charge in [-0.2, -0.15) is 0 Å². The lowest BCUT2D eigenvalue weighted by Crippen LogP contribution is -2.24. The van der Waals surface area contributed by atoms with Crippen LogP contribution in [-0.4, -0.2) is 9.13 Å². The number of hydrogen-bond donors (Lipinski definition) is 0. The Bertz CT molecular complexity index is 864. The number of aryl methyl sites for hydroxylation is 1. The minimum absolute atomic E-state index is 0.0326. The van der Waals surface area contributed by atoms with Crippen molar-refractivity contribution in [2.24, 2.45) is 0 Å². The van der Waals surface area contributed by atoms with Crippen LogP contribution in [-0.2, 0) is 13.1 Å². The van der Waals surface area contributed by atoms with Crippen LogP contribution in [0.3, 0.4) is 0 Å². The van der Waals surface area contributed by atoms with Crippen LogP contribution in [0.15, 0.2) is 47.3 Å². The summed E-state index contributed by atoms with van der Waals surface area (Å²) in [6.07, 6.45) is 0. The van der Waals surface area contributed by atoms with E-state index in [0.717, 1.165) is 16.6 Å². The van der Waals surface area contributed by atoms with Gasteiger partial charge in [-0.3, -0.25) is 9.13 Å². The van der Waals surface area contributed by atoms with E-state index >= 15 is 0 Å². The molecule has 0 fully saturated rings. The first-order valence-electron chi connectivity index (χ1n) is 6.74. The van der Waals surface area contributed by atoms with Gasteiger partial charge < -0.3 is 0 Å². The van der Waals surface area contributed by atoms with Crippen LogP contribution in [0.1, 0.15) is 12.5 Å². The molecule has 0 bridgehead atoms. The third-order valence-corrected chi connectivity index (χ3v) is 4.46. The molecule has 1 heterocycles. The topological polar surface area (TPSA) is 26.9 Å². The summed E-state index contributed by atoms with van der Waals surface area (Å²) in [4.78, 5) is 12.6. The highest BCUT2D eigenvalue weighted by Crippen LogP contribution is 2.26. The molecule has 2 aromatic carbocycles. The minimum Gasteiger partial charge on any atom is -0.292 e. The molecule has 108 valence electrons. The van der Waals surface area contributed by atoms with Crippen molar-refractivity contribution in [1.29, 1.82) is 0 Å². The van der Waals surface area contributed by atoms with Crippen molar-refractivity contribution >= 4 is 34.2 Å². The average Bonchev–Trinajstić information content (AvgIpc) is 2.76. The van der Waals surface area contributed by atoms with Gasteiger partial charge in [-0.25, -0.2) is 4.79 Å². The van der Waals surface area contributed by atoms with Gasteiger partial charge in [0.25, 0.3) is 0 Å². The van der Waals surface area contributed by atoms with Gasteiger partial charge in [0.1, 0.15) is 0 Å². The number of nitrogens with zero attached hydrogens (tertiary/aromatic N) is 2. The zero-order valence-corrected chi connectivity index (χ0v) is 13.0. The number of fused-ring (bicyclic) bond motifs is 1. The van der Waals surface area contributed by atoms with Crippen LogP contribution in [0.4, 0.5) is 0 Å². The Morgan fingerprint density at radius 3 is 2.29 bits per heavy atom. The SMILES string of the molecule is CCn1c(=O)n(Cc2cccc(Cl)c2Cl)c2ccccc21. The van der Waals surface area contributed by atoms with Gasteiger partial charge in [-0.05, 0) is 30.7 Å². The number of rotatable bonds is 3. The molecule has 0 atom stereocenters. The van der Waals surface area contributed by atoms with Crippen LogP contribution < -0.4 is 5.69 Å². The lowest BCUT2D eigenvalue weighted by atomic mass is 10.2. The maximum Gasteiger partial charge on any atom is 0.329 e. The Morgan fingerprint density at radius 1 is 0.952 bits per heavy atom. The first kappa shape index (κ1) is 14.2. The van der Waals surface area contributed by atoms with Crippen LogP contribution in [0.5, 0.6) is 0 Å². The summed E-state index contributed by atoms with van der Waals surface area (Å²) >= 11 is 12.3. The van der Waals surface area contributed by atoms with E-state index in [4.69, 9.17) is 23.2 Å². The molecule has 0 aliphatic carbocycles. The molecular formula is C16H14Cl2N2O. The number of aromatic nitrogens is 2. The molecule has 0 aliphatic rings. The Morgan fingerprint density at radius 2 is 1.62 bits per heavy atom. The Labute approximate surface area is 132 Å². The maximum atomic E-state index is 12.6. The lowest BCUT2D eigenvalue weighted by Gasteiger charge is -2.07. The molecule has 1 aromatic heterocycles. The van der Waals surface area contributed by atoms with Crippen molar-refractivity contribution in [3.63, 3.8) is 0 Å². The number of para-hydroxylation sites is 2. The molecule has 3 aromatic rings. The zero-order valence-electron chi connectivity index (χ0n) is 11.5. The second kappa shape index (κ2) is 5.58. The smallest absolute Gasteiger partial charge is 0.292 e. The van der Waals surface area contributed by atoms with Crippen molar-refractivity contribution < 1.29 is 0 Å². The summed E-state index contributed by atoms with van der Waals surface area (Å²) in [6.45, 7) is 3.01. The molecule has 0 aliphatic heterocycles. The number of benzene rings is 2. The molecule has 0 saturated carbocycles. The van der Waals surface area contributed by atoms with E-state index in [0.29, 0.717) is 23.1 Å². The van der Waals surface area contributed by atoms with Crippen LogP contribution in [0.2, 0.25) is 10.0 Å². The molecule has 0 amide bonds. The molecule has 0 N–H and O–H groups in total. The predicted octanol–water partition coefficient (Wildman–Crippen LogP) is 4.18. The van der Waals surface area contributed by atoms with E-state index < -0.39 is 0 Å². The van der Waals surface area contributed by atoms with E-state index in [1.54, 1.807) is 15.2 Å². The van der Waals surface area contributed by atoms with E-state index in [-0.39, 0.29) is 5.69 Å². The molecule has 21 heavy (non-hydrogen) atoms. The van der Waals surface area contributed by atoms with Crippen molar-refractivity contribution in [2.75, 3.05) is 0 Å². The van der Waals surface area contributed by atoms with Gasteiger partial charge in [-0.1, -0.05) is 47.5 Å². The molecule has 0 spiro atoms. The van der Waals surface area contributed by atoms with Gasteiger partial charge in [-0.15, -0.1) is 0 Å². The fraction of sp³-hybridized carbons (Fsp3) is 0.188. The zero-order chi connectivity index (χ0) is 15.0. The minimum atomic E-state index is -0.0326. The summed E-state index contributed by atoms with van der Waals surface area (Å²) in [6, 6.07) is 13.2. The van der Waals surface area contributed by atoms with Crippen LogP contribution >= 0.6 is 23.2 Å². The lowest BCUT2D eigenvalue weighted by molar-refractivity contribution is 0.684. The second-order valence-electron chi connectivity index (χ2n) is 4.81. The highest BCUT2D eigenvalue weighted by molar-refractivity contribution is 6.42. The second-order valence-corrected chi connectivity index (χ2v) is 5.60. The first-order chi connectivity index (χ1) is 10.1. The standard InChI is InChI=1S/C16H14Cl2N2O/c1-2-19-13-8-3-4-9-14(13)20(16(19)21)10-11-6-5-7-12(17)15(11)18/h3-9H,2,10H2,1H3. The number of halogens is 2. The van der Waals surface area contributed by atoms with Crippen molar-refractivity contribution in [2.45, 2.75) is 20.0 Å². The molecule has 3 nitrogen and oxygen atoms in total. The Hall–Kier alpha value is -1.71. The first-order valence-corrected chi connectivity index (χ1v) is 7.50. The summed E-state index contributed by atoms with van der Waals surface area (Å²) in [5.41, 5.74) is 2.64. The molecular weight excluding hydrogens is 307 g/mol. The van der Waals surface area contributed by atoms with E-state index in [1.165, 1.54) is 0 Å². The monoisotopic (exact) mass is 320 g/mol. The molecule has 5 heteroatoms. The Balaban J connectivity index is 2.19. The molecule has 3 rings (SSSR count). The van der Waals surface area contributed by atoms with E-state index in [1.807, 2.05) is 43.3 Å². The maximum absolute atomic E-state index is 12.6. The summed E-state index contributed by atoms with van der Waals surface area (Å²) in [7, 11) is 0. The highest BCUT2D eigenvalue weighted by atomic mass is 35.5. The van der Waals surface area contributed by atoms with Crippen molar-refractivity contribution in [1.82, 2.24) is 9.13 Å². The van der Waals surface area contributed by atoms with Gasteiger partial charge in [0.2, 0.25) is 0 Å². The molecule has 0 unspecified atom stereocenters.